The molecule has 1 aromatic rings. The Morgan fingerprint density at radius 1 is 0.882 bits per heavy atom. The van der Waals surface area contributed by atoms with Gasteiger partial charge >= 0.3 is 0 Å². The van der Waals surface area contributed by atoms with Gasteiger partial charge in [0, 0.05) is 19.0 Å². The minimum atomic E-state index is 0.00866. The number of carbonyl (C=O) groups excluding carboxylic acids is 1. The molecule has 0 aliphatic carbocycles. The molecule has 0 aliphatic rings. The quantitative estimate of drug-likeness (QED) is 0.188. The fourth-order valence-electron chi connectivity index (χ4n) is 4.22. The molecule has 0 aromatic heterocycles. The number of aliphatic hydroxyl groups is 1. The molecule has 0 heterocycles. The summed E-state index contributed by atoms with van der Waals surface area (Å²) in [5.74, 6) is 1.84. The van der Waals surface area contributed by atoms with Crippen LogP contribution in [0, 0.1) is 0 Å². The second-order valence-corrected chi connectivity index (χ2v) is 10.1. The topological polar surface area (TPSA) is 67.8 Å². The van der Waals surface area contributed by atoms with Crippen LogP contribution in [0.4, 0.5) is 0 Å². The lowest BCUT2D eigenvalue weighted by molar-refractivity contribution is -0.121. The maximum Gasteiger partial charge on any atom is 0.220 e. The first-order valence-electron chi connectivity index (χ1n) is 13.6. The van der Waals surface area contributed by atoms with Crippen molar-refractivity contribution in [1.29, 1.82) is 0 Å². The second-order valence-electron chi connectivity index (χ2n) is 10.1. The maximum absolute atomic E-state index is 11.5. The highest BCUT2D eigenvalue weighted by Crippen LogP contribution is 2.35. The third-order valence-electron chi connectivity index (χ3n) is 6.55. The lowest BCUT2D eigenvalue weighted by Crippen LogP contribution is -2.25. The first-order chi connectivity index (χ1) is 16.4. The molecule has 34 heavy (non-hydrogen) atoms. The van der Waals surface area contributed by atoms with Gasteiger partial charge in [-0.1, -0.05) is 85.0 Å². The van der Waals surface area contributed by atoms with Crippen LogP contribution in [0.15, 0.2) is 18.2 Å². The summed E-state index contributed by atoms with van der Waals surface area (Å²) in [7, 11) is 1.73. The molecule has 1 aromatic carbocycles. The Morgan fingerprint density at radius 3 is 2.15 bits per heavy atom. The van der Waals surface area contributed by atoms with Crippen molar-refractivity contribution in [3.8, 4) is 11.5 Å². The van der Waals surface area contributed by atoms with E-state index in [4.69, 9.17) is 14.6 Å². The molecule has 0 saturated carbocycles. The summed E-state index contributed by atoms with van der Waals surface area (Å²) >= 11 is 0. The Labute approximate surface area is 209 Å². The van der Waals surface area contributed by atoms with E-state index < -0.39 is 0 Å². The highest BCUT2D eigenvalue weighted by Gasteiger charge is 2.22. The SMILES string of the molecule is CCCCCCC(C)(C)c1cc(OC)cc(OCCCCCCCCCCC(=O)NCCO)c1. The summed E-state index contributed by atoms with van der Waals surface area (Å²) in [5.41, 5.74) is 1.41. The summed E-state index contributed by atoms with van der Waals surface area (Å²) in [5, 5.41) is 11.4. The third-order valence-corrected chi connectivity index (χ3v) is 6.55. The van der Waals surface area contributed by atoms with E-state index in [1.54, 1.807) is 7.11 Å². The molecule has 0 aliphatic heterocycles. The van der Waals surface area contributed by atoms with Gasteiger partial charge in [0.05, 0.1) is 20.3 Å². The fourth-order valence-corrected chi connectivity index (χ4v) is 4.22. The Bertz CT molecular complexity index is 660. The molecule has 5 nitrogen and oxygen atoms in total. The van der Waals surface area contributed by atoms with E-state index in [0.717, 1.165) is 37.4 Å². The Kier molecular flexibility index (Phi) is 16.5. The molecule has 5 heteroatoms. The first-order valence-corrected chi connectivity index (χ1v) is 13.6. The number of ether oxygens (including phenoxy) is 2. The van der Waals surface area contributed by atoms with Crippen molar-refractivity contribution in [1.82, 2.24) is 5.32 Å². The summed E-state index contributed by atoms with van der Waals surface area (Å²) in [6.45, 7) is 8.01. The van der Waals surface area contributed by atoms with Crippen molar-refractivity contribution in [2.24, 2.45) is 0 Å². The molecule has 0 spiro atoms. The normalized spacial score (nSPS) is 11.4. The van der Waals surface area contributed by atoms with Crippen LogP contribution in [0.1, 0.15) is 116 Å². The summed E-state index contributed by atoms with van der Waals surface area (Å²) < 4.78 is 11.7. The molecule has 2 N–H and O–H groups in total. The number of rotatable bonds is 21. The van der Waals surface area contributed by atoms with E-state index in [2.05, 4.69) is 38.2 Å². The van der Waals surface area contributed by atoms with Crippen LogP contribution < -0.4 is 14.8 Å². The van der Waals surface area contributed by atoms with Crippen LogP contribution >= 0.6 is 0 Å². The number of methoxy groups -OCH3 is 1. The predicted molar refractivity (Wildman–Crippen MR) is 142 cm³/mol. The van der Waals surface area contributed by atoms with Crippen molar-refractivity contribution in [2.75, 3.05) is 26.9 Å². The smallest absolute Gasteiger partial charge is 0.220 e. The zero-order valence-corrected chi connectivity index (χ0v) is 22.4. The largest absolute Gasteiger partial charge is 0.497 e. The molecule has 0 radical (unpaired) electrons. The number of hydrogen-bond donors (Lipinski definition) is 2. The molecule has 0 saturated heterocycles. The van der Waals surface area contributed by atoms with Crippen molar-refractivity contribution in [2.45, 2.75) is 116 Å². The van der Waals surface area contributed by atoms with Crippen molar-refractivity contribution < 1.29 is 19.4 Å². The molecule has 1 rings (SSSR count). The van der Waals surface area contributed by atoms with Gasteiger partial charge in [-0.05, 0) is 42.4 Å². The molecular formula is C29H51NO4. The standard InChI is InChI=1S/C29H51NO4/c1-5-6-7-15-18-29(2,3)25-22-26(33-4)24-27(23-25)34-21-16-13-11-9-8-10-12-14-17-28(32)30-19-20-31/h22-24,31H,5-21H2,1-4H3,(H,30,32). The zero-order chi connectivity index (χ0) is 25.1. The second kappa shape index (κ2) is 18.6. The van der Waals surface area contributed by atoms with E-state index in [-0.39, 0.29) is 17.9 Å². The lowest BCUT2D eigenvalue weighted by atomic mass is 9.80. The monoisotopic (exact) mass is 477 g/mol. The molecule has 0 atom stereocenters. The number of nitrogens with one attached hydrogen (secondary N) is 1. The van der Waals surface area contributed by atoms with E-state index in [1.165, 1.54) is 69.8 Å². The highest BCUT2D eigenvalue weighted by atomic mass is 16.5. The Morgan fingerprint density at radius 2 is 1.50 bits per heavy atom. The number of aliphatic hydroxyl groups excluding tert-OH is 1. The minimum absolute atomic E-state index is 0.00866. The number of carbonyl (C=O) groups is 1. The van der Waals surface area contributed by atoms with Crippen molar-refractivity contribution >= 4 is 5.91 Å². The maximum atomic E-state index is 11.5. The van der Waals surface area contributed by atoms with Crippen LogP contribution in [0.5, 0.6) is 11.5 Å². The van der Waals surface area contributed by atoms with E-state index >= 15 is 0 Å². The Hall–Kier alpha value is -1.75. The third kappa shape index (κ3) is 13.8. The predicted octanol–water partition coefficient (Wildman–Crippen LogP) is 6.94. The highest BCUT2D eigenvalue weighted by molar-refractivity contribution is 5.75. The number of amides is 1. The van der Waals surface area contributed by atoms with Crippen LogP contribution in [0.25, 0.3) is 0 Å². The summed E-state index contributed by atoms with van der Waals surface area (Å²) in [4.78, 5) is 11.5. The van der Waals surface area contributed by atoms with Gasteiger partial charge in [-0.3, -0.25) is 4.79 Å². The molecular weight excluding hydrogens is 426 g/mol. The molecule has 1 amide bonds. The molecule has 0 unspecified atom stereocenters. The number of benzene rings is 1. The van der Waals surface area contributed by atoms with Crippen LogP contribution in [0.2, 0.25) is 0 Å². The minimum Gasteiger partial charge on any atom is -0.497 e. The summed E-state index contributed by atoms with van der Waals surface area (Å²) in [6.07, 6.45) is 16.1. The van der Waals surface area contributed by atoms with Gasteiger partial charge in [-0.25, -0.2) is 0 Å². The number of unbranched alkanes of at least 4 members (excludes halogenated alkanes) is 10. The molecule has 0 fully saturated rings. The van der Waals surface area contributed by atoms with Crippen LogP contribution in [-0.4, -0.2) is 37.9 Å². The van der Waals surface area contributed by atoms with E-state index in [9.17, 15) is 4.79 Å². The lowest BCUT2D eigenvalue weighted by Gasteiger charge is -2.26. The van der Waals surface area contributed by atoms with E-state index in [1.807, 2.05) is 6.07 Å². The van der Waals surface area contributed by atoms with Crippen LogP contribution in [0.3, 0.4) is 0 Å². The fraction of sp³-hybridized carbons (Fsp3) is 0.759. The first kappa shape index (κ1) is 30.3. The molecule has 196 valence electrons. The van der Waals surface area contributed by atoms with Gasteiger partial charge < -0.3 is 19.9 Å². The van der Waals surface area contributed by atoms with Gasteiger partial charge in [0.1, 0.15) is 11.5 Å². The van der Waals surface area contributed by atoms with Gasteiger partial charge in [0.15, 0.2) is 0 Å². The molecule has 0 bridgehead atoms. The van der Waals surface area contributed by atoms with Gasteiger partial charge in [0.25, 0.3) is 0 Å². The van der Waals surface area contributed by atoms with Gasteiger partial charge in [-0.2, -0.15) is 0 Å². The van der Waals surface area contributed by atoms with Crippen molar-refractivity contribution in [3.63, 3.8) is 0 Å². The van der Waals surface area contributed by atoms with Crippen LogP contribution in [-0.2, 0) is 10.2 Å². The zero-order valence-electron chi connectivity index (χ0n) is 22.4. The van der Waals surface area contributed by atoms with Crippen molar-refractivity contribution in [3.05, 3.63) is 23.8 Å². The van der Waals surface area contributed by atoms with E-state index in [0.29, 0.717) is 13.0 Å². The van der Waals surface area contributed by atoms with Gasteiger partial charge in [-0.15, -0.1) is 0 Å². The average Bonchev–Trinajstić information content (AvgIpc) is 2.83. The summed E-state index contributed by atoms with van der Waals surface area (Å²) in [6, 6.07) is 6.36. The Balaban J connectivity index is 2.23. The number of hydrogen-bond acceptors (Lipinski definition) is 4. The average molecular weight is 478 g/mol. The van der Waals surface area contributed by atoms with Gasteiger partial charge in [0.2, 0.25) is 5.91 Å².